The average molecular weight is 299 g/mol. The molecule has 1 aliphatic heterocycles. The van der Waals surface area contributed by atoms with Crippen molar-refractivity contribution in [3.05, 3.63) is 11.7 Å². The molecule has 0 saturated carbocycles. The molecule has 0 amide bonds. The predicted octanol–water partition coefficient (Wildman–Crippen LogP) is 0.708. The van der Waals surface area contributed by atoms with Crippen LogP contribution in [0.25, 0.3) is 0 Å². The summed E-state index contributed by atoms with van der Waals surface area (Å²) in [6, 6.07) is 0. The van der Waals surface area contributed by atoms with Crippen LogP contribution in [0, 0.1) is 0 Å². The molecule has 10 heteroatoms. The second kappa shape index (κ2) is 4.17. The van der Waals surface area contributed by atoms with Crippen LogP contribution in [0.3, 0.4) is 0 Å². The van der Waals surface area contributed by atoms with Crippen molar-refractivity contribution in [2.45, 2.75) is 31.0 Å². The quantitative estimate of drug-likeness (QED) is 0.863. The Morgan fingerprint density at radius 3 is 2.53 bits per heavy atom. The zero-order chi connectivity index (χ0) is 14.5. The standard InChI is InChI=1S/C9H12F3N3O3S/c1-8(13,9(10,11)12)7-14-6(15-18-7)5-2-3-19(16,17)4-5/h5H,2-4,13H2,1H3. The van der Waals surface area contributed by atoms with E-state index < -0.39 is 33.4 Å². The molecule has 1 saturated heterocycles. The molecule has 1 aliphatic rings. The van der Waals surface area contributed by atoms with Crippen LogP contribution in [-0.4, -0.2) is 36.2 Å². The van der Waals surface area contributed by atoms with Gasteiger partial charge in [-0.3, -0.25) is 0 Å². The van der Waals surface area contributed by atoms with Crippen molar-refractivity contribution in [2.75, 3.05) is 11.5 Å². The number of alkyl halides is 3. The lowest BCUT2D eigenvalue weighted by atomic mass is 10.0. The molecule has 19 heavy (non-hydrogen) atoms. The highest BCUT2D eigenvalue weighted by Gasteiger charge is 2.54. The van der Waals surface area contributed by atoms with Crippen LogP contribution in [0.5, 0.6) is 0 Å². The Bertz CT molecular complexity index is 579. The summed E-state index contributed by atoms with van der Waals surface area (Å²) in [5.41, 5.74) is 2.39. The van der Waals surface area contributed by atoms with Crippen LogP contribution in [0.15, 0.2) is 4.52 Å². The Hall–Kier alpha value is -1.16. The largest absolute Gasteiger partial charge is 0.415 e. The number of aromatic nitrogens is 2. The fourth-order valence-electron chi connectivity index (χ4n) is 1.73. The van der Waals surface area contributed by atoms with Gasteiger partial charge in [0.25, 0.3) is 5.89 Å². The first-order valence-corrected chi connectivity index (χ1v) is 7.25. The first kappa shape index (κ1) is 14.3. The third kappa shape index (κ3) is 2.59. The Morgan fingerprint density at radius 2 is 2.05 bits per heavy atom. The minimum Gasteiger partial charge on any atom is -0.337 e. The lowest BCUT2D eigenvalue weighted by molar-refractivity contribution is -0.190. The second-order valence-corrected chi connectivity index (χ2v) is 6.99. The highest BCUT2D eigenvalue weighted by molar-refractivity contribution is 7.91. The van der Waals surface area contributed by atoms with Crippen LogP contribution >= 0.6 is 0 Å². The van der Waals surface area contributed by atoms with Gasteiger partial charge in [0.1, 0.15) is 0 Å². The predicted molar refractivity (Wildman–Crippen MR) is 57.9 cm³/mol. The normalized spacial score (nSPS) is 26.3. The van der Waals surface area contributed by atoms with Gasteiger partial charge in [0.2, 0.25) is 0 Å². The molecule has 1 aromatic heterocycles. The summed E-state index contributed by atoms with van der Waals surface area (Å²) in [5, 5.41) is 3.41. The molecule has 2 unspecified atom stereocenters. The van der Waals surface area contributed by atoms with Gasteiger partial charge in [-0.1, -0.05) is 5.16 Å². The van der Waals surface area contributed by atoms with Crippen molar-refractivity contribution in [3.63, 3.8) is 0 Å². The van der Waals surface area contributed by atoms with Crippen molar-refractivity contribution in [1.82, 2.24) is 10.1 Å². The van der Waals surface area contributed by atoms with Gasteiger partial charge in [0.15, 0.2) is 21.2 Å². The van der Waals surface area contributed by atoms with E-state index in [4.69, 9.17) is 5.73 Å². The molecule has 0 spiro atoms. The van der Waals surface area contributed by atoms with Gasteiger partial charge >= 0.3 is 6.18 Å². The Balaban J connectivity index is 2.26. The van der Waals surface area contributed by atoms with E-state index in [9.17, 15) is 21.6 Å². The molecule has 0 aliphatic carbocycles. The molecule has 2 atom stereocenters. The van der Waals surface area contributed by atoms with Gasteiger partial charge in [-0.05, 0) is 13.3 Å². The highest BCUT2D eigenvalue weighted by Crippen LogP contribution is 2.36. The first-order valence-electron chi connectivity index (χ1n) is 5.43. The van der Waals surface area contributed by atoms with Gasteiger partial charge in [-0.15, -0.1) is 0 Å². The van der Waals surface area contributed by atoms with Crippen molar-refractivity contribution < 1.29 is 26.1 Å². The summed E-state index contributed by atoms with van der Waals surface area (Å²) in [5.74, 6) is -1.55. The summed E-state index contributed by atoms with van der Waals surface area (Å²) in [7, 11) is -3.17. The molecule has 1 aromatic rings. The topological polar surface area (TPSA) is 99.1 Å². The average Bonchev–Trinajstić information content (AvgIpc) is 2.82. The number of hydrogen-bond acceptors (Lipinski definition) is 6. The molecular formula is C9H12F3N3O3S. The third-order valence-electron chi connectivity index (χ3n) is 3.07. The molecule has 1 fully saturated rings. The van der Waals surface area contributed by atoms with Gasteiger partial charge < -0.3 is 10.3 Å². The van der Waals surface area contributed by atoms with E-state index in [0.717, 1.165) is 6.92 Å². The van der Waals surface area contributed by atoms with Gasteiger partial charge in [0, 0.05) is 5.92 Å². The summed E-state index contributed by atoms with van der Waals surface area (Å²) >= 11 is 0. The van der Waals surface area contributed by atoms with Gasteiger partial charge in [-0.25, -0.2) is 8.42 Å². The molecule has 6 nitrogen and oxygen atoms in total. The molecular weight excluding hydrogens is 287 g/mol. The van der Waals surface area contributed by atoms with Crippen molar-refractivity contribution in [2.24, 2.45) is 5.73 Å². The number of rotatable bonds is 2. The van der Waals surface area contributed by atoms with Crippen LogP contribution in [0.1, 0.15) is 31.0 Å². The summed E-state index contributed by atoms with van der Waals surface area (Å²) in [6.07, 6.45) is -4.47. The van der Waals surface area contributed by atoms with E-state index in [1.165, 1.54) is 0 Å². The van der Waals surface area contributed by atoms with Gasteiger partial charge in [0.05, 0.1) is 11.5 Å². The maximum atomic E-state index is 12.7. The molecule has 108 valence electrons. The SMILES string of the molecule is CC(N)(c1nc(C2CCS(=O)(=O)C2)no1)C(F)(F)F. The summed E-state index contributed by atoms with van der Waals surface area (Å²) in [4.78, 5) is 3.61. The molecule has 2 rings (SSSR count). The van der Waals surface area contributed by atoms with E-state index in [1.54, 1.807) is 0 Å². The highest BCUT2D eigenvalue weighted by atomic mass is 32.2. The molecule has 2 N–H and O–H groups in total. The van der Waals surface area contributed by atoms with Crippen molar-refractivity contribution >= 4 is 9.84 Å². The summed E-state index contributed by atoms with van der Waals surface area (Å²) in [6.45, 7) is 0.718. The Labute approximate surface area is 107 Å². The first-order chi connectivity index (χ1) is 8.53. The van der Waals surface area contributed by atoms with Crippen LogP contribution in [0.2, 0.25) is 0 Å². The lowest BCUT2D eigenvalue weighted by Crippen LogP contribution is -2.48. The van der Waals surface area contributed by atoms with E-state index in [0.29, 0.717) is 0 Å². The fourth-order valence-corrected chi connectivity index (χ4v) is 3.47. The maximum absolute atomic E-state index is 12.7. The second-order valence-electron chi connectivity index (χ2n) is 4.76. The zero-order valence-corrected chi connectivity index (χ0v) is 10.8. The fraction of sp³-hybridized carbons (Fsp3) is 0.778. The van der Waals surface area contributed by atoms with E-state index in [2.05, 4.69) is 14.7 Å². The number of hydrogen-bond donors (Lipinski definition) is 1. The van der Waals surface area contributed by atoms with Crippen LogP contribution in [0.4, 0.5) is 13.2 Å². The Morgan fingerprint density at radius 1 is 1.42 bits per heavy atom. The smallest absolute Gasteiger partial charge is 0.337 e. The van der Waals surface area contributed by atoms with Crippen LogP contribution in [-0.2, 0) is 15.4 Å². The lowest BCUT2D eigenvalue weighted by Gasteiger charge is -2.22. The molecule has 2 heterocycles. The summed E-state index contributed by atoms with van der Waals surface area (Å²) < 4.78 is 65.1. The number of halogens is 3. The number of nitrogens with zero attached hydrogens (tertiary/aromatic N) is 2. The van der Waals surface area contributed by atoms with Gasteiger partial charge in [-0.2, -0.15) is 18.2 Å². The molecule has 0 bridgehead atoms. The van der Waals surface area contributed by atoms with Crippen molar-refractivity contribution in [1.29, 1.82) is 0 Å². The zero-order valence-electron chi connectivity index (χ0n) is 9.94. The molecule has 0 aromatic carbocycles. The van der Waals surface area contributed by atoms with E-state index >= 15 is 0 Å². The van der Waals surface area contributed by atoms with Crippen LogP contribution < -0.4 is 5.73 Å². The van der Waals surface area contributed by atoms with Crippen molar-refractivity contribution in [3.8, 4) is 0 Å². The Kier molecular flexibility index (Phi) is 3.13. The maximum Gasteiger partial charge on any atom is 0.415 e. The van der Waals surface area contributed by atoms with E-state index in [1.807, 2.05) is 0 Å². The minimum absolute atomic E-state index is 0.0271. The number of sulfone groups is 1. The minimum atomic E-state index is -4.74. The monoisotopic (exact) mass is 299 g/mol. The van der Waals surface area contributed by atoms with E-state index in [-0.39, 0.29) is 23.8 Å². The third-order valence-corrected chi connectivity index (χ3v) is 4.84. The number of nitrogens with two attached hydrogens (primary N) is 1. The molecule has 0 radical (unpaired) electrons.